The lowest BCUT2D eigenvalue weighted by Gasteiger charge is -2.15. The number of aryl methyl sites for hydroxylation is 1. The number of benzene rings is 2. The van der Waals surface area contributed by atoms with Gasteiger partial charge in [-0.25, -0.2) is 8.78 Å². The number of ether oxygens (including phenoxy) is 1. The highest BCUT2D eigenvalue weighted by atomic mass is 19.1. The van der Waals surface area contributed by atoms with Gasteiger partial charge < -0.3 is 20.1 Å². The predicted octanol–water partition coefficient (Wildman–Crippen LogP) is 4.70. The van der Waals surface area contributed by atoms with Crippen molar-refractivity contribution >= 4 is 27.5 Å². The number of hydrogen-bond donors (Lipinski definition) is 3. The van der Waals surface area contributed by atoms with Crippen LogP contribution in [0, 0.1) is 11.6 Å². The molecular formula is C26H21F2N5O3. The van der Waals surface area contributed by atoms with Gasteiger partial charge in [-0.15, -0.1) is 0 Å². The summed E-state index contributed by atoms with van der Waals surface area (Å²) in [7, 11) is 1.37. The van der Waals surface area contributed by atoms with Crippen LogP contribution in [0.25, 0.3) is 32.9 Å². The second kappa shape index (κ2) is 9.21. The Morgan fingerprint density at radius 3 is 2.69 bits per heavy atom. The Hall–Kier alpha value is -4.60. The van der Waals surface area contributed by atoms with E-state index in [4.69, 9.17) is 4.74 Å². The van der Waals surface area contributed by atoms with Crippen LogP contribution in [0.15, 0.2) is 53.6 Å². The molecule has 0 bridgehead atoms. The zero-order valence-electron chi connectivity index (χ0n) is 19.4. The summed E-state index contributed by atoms with van der Waals surface area (Å²) in [5.74, 6) is -1.01. The molecule has 0 unspecified atom stereocenters. The minimum atomic E-state index is -0.765. The molecule has 8 nitrogen and oxygen atoms in total. The number of fused-ring (bicyclic) bond motifs is 2. The minimum Gasteiger partial charge on any atom is -0.508 e. The summed E-state index contributed by atoms with van der Waals surface area (Å²) in [6.07, 6.45) is 3.35. The minimum absolute atomic E-state index is 0.0539. The Morgan fingerprint density at radius 2 is 1.97 bits per heavy atom. The number of phenolic OH excluding ortho intramolecular Hbond substituents is 1. The second-order valence-electron chi connectivity index (χ2n) is 8.13. The molecule has 0 amide bonds. The molecular weight excluding hydrogens is 468 g/mol. The fraction of sp³-hybridized carbons (Fsp3) is 0.154. The number of pyridine rings is 2. The number of phenols is 1. The van der Waals surface area contributed by atoms with Crippen LogP contribution >= 0.6 is 0 Å². The predicted molar refractivity (Wildman–Crippen MR) is 132 cm³/mol. The maximum absolute atomic E-state index is 16.0. The molecule has 0 spiro atoms. The number of halogens is 2. The number of nitrogens with zero attached hydrogens (tertiary/aromatic N) is 3. The van der Waals surface area contributed by atoms with Gasteiger partial charge in [0.05, 0.1) is 12.5 Å². The molecule has 3 N–H and O–H groups in total. The lowest BCUT2D eigenvalue weighted by molar-refractivity contribution is 0.382. The van der Waals surface area contributed by atoms with E-state index in [1.165, 1.54) is 43.6 Å². The summed E-state index contributed by atoms with van der Waals surface area (Å²) in [5.41, 5.74) is 1.05. The third kappa shape index (κ3) is 4.06. The van der Waals surface area contributed by atoms with Crippen molar-refractivity contribution in [3.63, 3.8) is 0 Å². The third-order valence-electron chi connectivity index (χ3n) is 5.92. The largest absolute Gasteiger partial charge is 0.508 e. The molecule has 0 aliphatic heterocycles. The zero-order valence-corrected chi connectivity index (χ0v) is 19.4. The van der Waals surface area contributed by atoms with E-state index in [1.54, 1.807) is 19.2 Å². The molecule has 0 aliphatic rings. The molecule has 0 saturated carbocycles. The maximum atomic E-state index is 16.0. The van der Waals surface area contributed by atoms with Gasteiger partial charge in [0.15, 0.2) is 5.82 Å². The molecule has 0 saturated heterocycles. The number of nitrogens with one attached hydrogen (secondary N) is 2. The van der Waals surface area contributed by atoms with E-state index in [0.717, 1.165) is 5.56 Å². The number of methoxy groups -OCH3 is 1. The molecule has 3 heterocycles. The molecule has 0 aliphatic carbocycles. The second-order valence-corrected chi connectivity index (χ2v) is 8.13. The molecule has 3 aromatic heterocycles. The topological polar surface area (TPSA) is 113 Å². The zero-order chi connectivity index (χ0) is 25.4. The van der Waals surface area contributed by atoms with E-state index in [-0.39, 0.29) is 46.5 Å². The summed E-state index contributed by atoms with van der Waals surface area (Å²) in [5, 5.41) is 14.7. The summed E-state index contributed by atoms with van der Waals surface area (Å²) < 4.78 is 35.8. The first-order chi connectivity index (χ1) is 17.4. The molecule has 0 atom stereocenters. The average Bonchev–Trinajstić information content (AvgIpc) is 2.88. The van der Waals surface area contributed by atoms with Gasteiger partial charge in [0.1, 0.15) is 28.6 Å². The standard InChI is InChI=1S/C26H21F2N5O3/c1-3-16-19(27)6-5-14-8-15(34)9-17(21(14)16)23-22(28)24-18(12-30-23)25(33-26(32-24)36-2)31-11-13-4-7-20(35)29-10-13/h4-10,12,34H,3,11H2,1-2H3,(H,29,35)(H,31,32,33). The smallest absolute Gasteiger partial charge is 0.318 e. The van der Waals surface area contributed by atoms with Gasteiger partial charge in [0.25, 0.3) is 0 Å². The molecule has 182 valence electrons. The van der Waals surface area contributed by atoms with Crippen molar-refractivity contribution in [2.45, 2.75) is 19.9 Å². The Kier molecular flexibility index (Phi) is 5.93. The van der Waals surface area contributed by atoms with Crippen LogP contribution in [0.1, 0.15) is 18.1 Å². The normalized spacial score (nSPS) is 11.2. The Morgan fingerprint density at radius 1 is 1.14 bits per heavy atom. The van der Waals surface area contributed by atoms with Gasteiger partial charge in [-0.3, -0.25) is 9.78 Å². The first-order valence-corrected chi connectivity index (χ1v) is 11.2. The van der Waals surface area contributed by atoms with Gasteiger partial charge in [0.2, 0.25) is 5.56 Å². The lowest BCUT2D eigenvalue weighted by Crippen LogP contribution is -2.08. The summed E-state index contributed by atoms with van der Waals surface area (Å²) in [6, 6.07) is 8.72. The van der Waals surface area contributed by atoms with Crippen LogP contribution in [0.2, 0.25) is 0 Å². The van der Waals surface area contributed by atoms with Crippen LogP contribution in [-0.2, 0) is 13.0 Å². The first kappa shape index (κ1) is 23.2. The van der Waals surface area contributed by atoms with Crippen molar-refractivity contribution < 1.29 is 18.6 Å². The highest BCUT2D eigenvalue weighted by molar-refractivity contribution is 6.01. The van der Waals surface area contributed by atoms with E-state index in [0.29, 0.717) is 28.1 Å². The van der Waals surface area contributed by atoms with Crippen molar-refractivity contribution in [3.05, 3.63) is 81.9 Å². The maximum Gasteiger partial charge on any atom is 0.318 e. The summed E-state index contributed by atoms with van der Waals surface area (Å²) >= 11 is 0. The van der Waals surface area contributed by atoms with Gasteiger partial charge in [0, 0.05) is 30.6 Å². The first-order valence-electron chi connectivity index (χ1n) is 11.2. The lowest BCUT2D eigenvalue weighted by atomic mass is 9.94. The number of aromatic hydroxyl groups is 1. The van der Waals surface area contributed by atoms with Gasteiger partial charge >= 0.3 is 6.01 Å². The van der Waals surface area contributed by atoms with Gasteiger partial charge in [-0.05, 0) is 46.5 Å². The fourth-order valence-corrected chi connectivity index (χ4v) is 4.22. The van der Waals surface area contributed by atoms with Gasteiger partial charge in [-0.2, -0.15) is 9.97 Å². The van der Waals surface area contributed by atoms with Crippen molar-refractivity contribution in [1.82, 2.24) is 19.9 Å². The van der Waals surface area contributed by atoms with E-state index in [2.05, 4.69) is 25.3 Å². The number of aromatic nitrogens is 4. The average molecular weight is 489 g/mol. The monoisotopic (exact) mass is 489 g/mol. The van der Waals surface area contributed by atoms with Gasteiger partial charge in [-0.1, -0.05) is 19.1 Å². The fourth-order valence-electron chi connectivity index (χ4n) is 4.22. The van der Waals surface area contributed by atoms with Crippen LogP contribution in [0.3, 0.4) is 0 Å². The number of anilines is 1. The molecule has 5 rings (SSSR count). The Balaban J connectivity index is 1.69. The molecule has 36 heavy (non-hydrogen) atoms. The summed E-state index contributed by atoms with van der Waals surface area (Å²) in [6.45, 7) is 2.09. The van der Waals surface area contributed by atoms with Crippen LogP contribution in [-0.4, -0.2) is 32.2 Å². The third-order valence-corrected chi connectivity index (χ3v) is 5.92. The van der Waals surface area contributed by atoms with Crippen LogP contribution in [0.4, 0.5) is 14.6 Å². The van der Waals surface area contributed by atoms with E-state index >= 15 is 4.39 Å². The van der Waals surface area contributed by atoms with Crippen molar-refractivity contribution in [1.29, 1.82) is 0 Å². The SMILES string of the molecule is CCc1c(F)ccc2cc(O)cc(-c3ncc4c(NCc5ccc(=O)[nH]c5)nc(OC)nc4c3F)c12. The van der Waals surface area contributed by atoms with E-state index in [9.17, 15) is 14.3 Å². The van der Waals surface area contributed by atoms with Crippen LogP contribution < -0.4 is 15.6 Å². The van der Waals surface area contributed by atoms with Crippen molar-refractivity contribution in [2.75, 3.05) is 12.4 Å². The number of rotatable bonds is 6. The molecule has 10 heteroatoms. The van der Waals surface area contributed by atoms with E-state index in [1.807, 2.05) is 0 Å². The quantitative estimate of drug-likeness (QED) is 0.317. The highest BCUT2D eigenvalue weighted by Gasteiger charge is 2.21. The summed E-state index contributed by atoms with van der Waals surface area (Å²) in [4.78, 5) is 26.7. The molecule has 0 radical (unpaired) electrons. The van der Waals surface area contributed by atoms with Crippen molar-refractivity contribution in [3.8, 4) is 23.0 Å². The Bertz CT molecular complexity index is 1670. The van der Waals surface area contributed by atoms with Crippen LogP contribution in [0.5, 0.6) is 11.8 Å². The van der Waals surface area contributed by atoms with Crippen molar-refractivity contribution in [2.24, 2.45) is 0 Å². The molecule has 2 aromatic carbocycles. The number of hydrogen-bond acceptors (Lipinski definition) is 7. The number of H-pyrrole nitrogens is 1. The Labute approximate surface area is 203 Å². The van der Waals surface area contributed by atoms with E-state index < -0.39 is 11.6 Å². The number of aromatic amines is 1. The molecule has 5 aromatic rings. The highest BCUT2D eigenvalue weighted by Crippen LogP contribution is 2.38. The molecule has 0 fully saturated rings.